The van der Waals surface area contributed by atoms with Crippen molar-refractivity contribution in [2.24, 2.45) is 5.92 Å². The van der Waals surface area contributed by atoms with E-state index in [4.69, 9.17) is 4.74 Å². The number of pyridine rings is 1. The molecule has 2 aromatic heterocycles. The van der Waals surface area contributed by atoms with Crippen molar-refractivity contribution in [3.63, 3.8) is 0 Å². The number of carbonyl (C=O) groups is 1. The number of rotatable bonds is 5. The van der Waals surface area contributed by atoms with Crippen LogP contribution in [-0.4, -0.2) is 52.1 Å². The van der Waals surface area contributed by atoms with Crippen LogP contribution in [0.2, 0.25) is 0 Å². The molecule has 166 valence electrons. The number of nitrogens with zero attached hydrogens (tertiary/aromatic N) is 4. The average molecular weight is 440 g/mol. The van der Waals surface area contributed by atoms with Crippen molar-refractivity contribution < 1.29 is 9.53 Å². The summed E-state index contributed by atoms with van der Waals surface area (Å²) in [5.41, 5.74) is 2.59. The lowest BCUT2D eigenvalue weighted by Gasteiger charge is -2.24. The molecule has 1 N–H and O–H groups in total. The van der Waals surface area contributed by atoms with Gasteiger partial charge < -0.3 is 15.0 Å². The van der Waals surface area contributed by atoms with Gasteiger partial charge in [0.1, 0.15) is 0 Å². The molecule has 1 amide bonds. The van der Waals surface area contributed by atoms with Crippen LogP contribution in [0.3, 0.4) is 0 Å². The van der Waals surface area contributed by atoms with Gasteiger partial charge >= 0.3 is 0 Å². The Hall–Kier alpha value is -3.84. The first-order chi connectivity index (χ1) is 16.3. The molecule has 33 heavy (non-hydrogen) atoms. The van der Waals surface area contributed by atoms with Gasteiger partial charge in [-0.05, 0) is 41.6 Å². The van der Waals surface area contributed by atoms with Crippen LogP contribution in [0, 0.1) is 5.92 Å². The smallest absolute Gasteiger partial charge is 0.254 e. The lowest BCUT2D eigenvalue weighted by Crippen LogP contribution is -2.36. The molecule has 1 atom stereocenters. The van der Waals surface area contributed by atoms with E-state index < -0.39 is 0 Å². The fourth-order valence-electron chi connectivity index (χ4n) is 4.25. The van der Waals surface area contributed by atoms with Crippen molar-refractivity contribution >= 4 is 28.3 Å². The van der Waals surface area contributed by atoms with Crippen molar-refractivity contribution in [1.82, 2.24) is 19.9 Å². The lowest BCUT2D eigenvalue weighted by atomic mass is 9.96. The molecule has 0 saturated carbocycles. The van der Waals surface area contributed by atoms with Crippen molar-refractivity contribution in [3.05, 3.63) is 90.5 Å². The van der Waals surface area contributed by atoms with Crippen molar-refractivity contribution in [1.29, 1.82) is 0 Å². The maximum Gasteiger partial charge on any atom is 0.254 e. The van der Waals surface area contributed by atoms with E-state index in [9.17, 15) is 4.79 Å². The van der Waals surface area contributed by atoms with Crippen LogP contribution in [0.5, 0.6) is 0 Å². The van der Waals surface area contributed by atoms with E-state index in [2.05, 4.69) is 32.4 Å². The molecule has 2 aromatic carbocycles. The van der Waals surface area contributed by atoms with Crippen LogP contribution in [-0.2, 0) is 11.2 Å². The summed E-state index contributed by atoms with van der Waals surface area (Å²) in [5.74, 6) is 0.691. The maximum absolute atomic E-state index is 13.4. The Morgan fingerprint density at radius 1 is 1.06 bits per heavy atom. The molecule has 5 rings (SSSR count). The lowest BCUT2D eigenvalue weighted by molar-refractivity contribution is 0.0737. The summed E-state index contributed by atoms with van der Waals surface area (Å²) in [6.45, 7) is 2.37. The molecule has 7 heteroatoms. The number of amides is 1. The van der Waals surface area contributed by atoms with Crippen LogP contribution in [0.25, 0.3) is 10.8 Å². The first-order valence-corrected chi connectivity index (χ1v) is 11.1. The highest BCUT2D eigenvalue weighted by atomic mass is 16.5. The largest absolute Gasteiger partial charge is 0.379 e. The van der Waals surface area contributed by atoms with E-state index in [1.54, 1.807) is 18.5 Å². The van der Waals surface area contributed by atoms with Gasteiger partial charge in [0.05, 0.1) is 13.2 Å². The van der Waals surface area contributed by atoms with Gasteiger partial charge in [-0.25, -0.2) is 9.97 Å². The number of aromatic nitrogens is 3. The number of hydrogen-bond acceptors (Lipinski definition) is 6. The third kappa shape index (κ3) is 4.99. The molecular weight excluding hydrogens is 414 g/mol. The van der Waals surface area contributed by atoms with Gasteiger partial charge in [-0.15, -0.1) is 0 Å². The van der Waals surface area contributed by atoms with Crippen LogP contribution >= 0.6 is 0 Å². The molecule has 0 spiro atoms. The summed E-state index contributed by atoms with van der Waals surface area (Å²) in [5, 5.41) is 5.48. The molecule has 1 aliphatic heterocycles. The van der Waals surface area contributed by atoms with E-state index in [0.717, 1.165) is 17.5 Å². The Morgan fingerprint density at radius 3 is 2.85 bits per heavy atom. The second-order valence-corrected chi connectivity index (χ2v) is 8.19. The van der Waals surface area contributed by atoms with Crippen LogP contribution in [0.1, 0.15) is 15.9 Å². The van der Waals surface area contributed by atoms with Gasteiger partial charge in [-0.3, -0.25) is 9.78 Å². The molecular formula is C26H25N5O2. The molecule has 0 unspecified atom stereocenters. The fraction of sp³-hybridized carbons (Fsp3) is 0.231. The molecule has 1 fully saturated rings. The molecule has 1 aliphatic rings. The predicted octanol–water partition coefficient (Wildman–Crippen LogP) is 4.10. The highest BCUT2D eigenvalue weighted by molar-refractivity contribution is 5.95. The summed E-state index contributed by atoms with van der Waals surface area (Å²) >= 11 is 0. The minimum Gasteiger partial charge on any atom is -0.379 e. The van der Waals surface area contributed by atoms with Gasteiger partial charge in [-0.2, -0.15) is 0 Å². The van der Waals surface area contributed by atoms with Crippen LogP contribution in [0.15, 0.2) is 79.4 Å². The first kappa shape index (κ1) is 21.0. The molecule has 0 aliphatic carbocycles. The summed E-state index contributed by atoms with van der Waals surface area (Å²) in [7, 11) is 0. The fourth-order valence-corrected chi connectivity index (χ4v) is 4.25. The van der Waals surface area contributed by atoms with E-state index >= 15 is 0 Å². The van der Waals surface area contributed by atoms with Crippen LogP contribution in [0.4, 0.5) is 11.6 Å². The Labute approximate surface area is 192 Å². The molecule has 1 saturated heterocycles. The zero-order valence-corrected chi connectivity index (χ0v) is 18.2. The normalized spacial score (nSPS) is 16.4. The van der Waals surface area contributed by atoms with Crippen molar-refractivity contribution in [2.45, 2.75) is 6.42 Å². The van der Waals surface area contributed by atoms with Gasteiger partial charge in [-0.1, -0.05) is 30.3 Å². The third-order valence-corrected chi connectivity index (χ3v) is 5.82. The van der Waals surface area contributed by atoms with Gasteiger partial charge in [0.25, 0.3) is 5.91 Å². The number of hydrogen-bond donors (Lipinski definition) is 1. The second kappa shape index (κ2) is 9.75. The topological polar surface area (TPSA) is 80.2 Å². The number of anilines is 2. The second-order valence-electron chi connectivity index (χ2n) is 8.19. The third-order valence-electron chi connectivity index (χ3n) is 5.82. The first-order valence-electron chi connectivity index (χ1n) is 11.1. The number of nitrogens with one attached hydrogen (secondary N) is 1. The molecule has 7 nitrogen and oxygen atoms in total. The van der Waals surface area contributed by atoms with Gasteiger partial charge in [0.15, 0.2) is 0 Å². The number of benzene rings is 2. The average Bonchev–Trinajstić information content (AvgIpc) is 3.10. The SMILES string of the molecule is O=C(c1cccc(Nc2ncccn2)c1)N1CCOC[C@H](Cc2cncc3ccccc23)C1. The van der Waals surface area contributed by atoms with Crippen molar-refractivity contribution in [3.8, 4) is 0 Å². The minimum atomic E-state index is -0.000764. The van der Waals surface area contributed by atoms with E-state index in [0.29, 0.717) is 37.8 Å². The maximum atomic E-state index is 13.4. The molecule has 4 aromatic rings. The number of fused-ring (bicyclic) bond motifs is 1. The summed E-state index contributed by atoms with van der Waals surface area (Å²) in [4.78, 5) is 28.0. The molecule has 0 bridgehead atoms. The zero-order chi connectivity index (χ0) is 22.5. The number of ether oxygens (including phenoxy) is 1. The van der Waals surface area contributed by atoms with Gasteiger partial charge in [0.2, 0.25) is 5.95 Å². The standard InChI is InChI=1S/C26H25N5O2/c32-25(20-6-3-7-23(14-20)30-26-28-9-4-10-29-26)31-11-12-33-18-19(17-31)13-22-16-27-15-21-5-1-2-8-24(21)22/h1-10,14-16,19H,11-13,17-18H2,(H,28,29,30)/t19-/m1/s1. The Morgan fingerprint density at radius 2 is 1.94 bits per heavy atom. The predicted molar refractivity (Wildman–Crippen MR) is 127 cm³/mol. The van der Waals surface area contributed by atoms with E-state index in [-0.39, 0.29) is 11.8 Å². The van der Waals surface area contributed by atoms with Gasteiger partial charge in [0, 0.05) is 60.4 Å². The van der Waals surface area contributed by atoms with E-state index in [1.165, 1.54) is 10.9 Å². The zero-order valence-electron chi connectivity index (χ0n) is 18.2. The Balaban J connectivity index is 1.32. The molecule has 0 radical (unpaired) electrons. The molecule has 3 heterocycles. The summed E-state index contributed by atoms with van der Waals surface area (Å²) < 4.78 is 5.87. The van der Waals surface area contributed by atoms with Crippen LogP contribution < -0.4 is 5.32 Å². The van der Waals surface area contributed by atoms with E-state index in [1.807, 2.05) is 53.7 Å². The minimum absolute atomic E-state index is 0.000764. The van der Waals surface area contributed by atoms with Crippen molar-refractivity contribution in [2.75, 3.05) is 31.6 Å². The number of carbonyl (C=O) groups excluding carboxylic acids is 1. The summed E-state index contributed by atoms with van der Waals surface area (Å²) in [6, 6.07) is 17.5. The highest BCUT2D eigenvalue weighted by Crippen LogP contribution is 2.23. The summed E-state index contributed by atoms with van der Waals surface area (Å²) in [6.07, 6.45) is 7.98. The quantitative estimate of drug-likeness (QED) is 0.504. The Bertz CT molecular complexity index is 1240. The highest BCUT2D eigenvalue weighted by Gasteiger charge is 2.24. The monoisotopic (exact) mass is 439 g/mol. The Kier molecular flexibility index (Phi) is 6.21.